The summed E-state index contributed by atoms with van der Waals surface area (Å²) in [6.07, 6.45) is 0.173. The number of hydrogen-bond acceptors (Lipinski definition) is 4. The Labute approximate surface area is 103 Å². The van der Waals surface area contributed by atoms with Gasteiger partial charge in [0.05, 0.1) is 11.4 Å². The van der Waals surface area contributed by atoms with Gasteiger partial charge in [0.25, 0.3) is 0 Å². The fraction of sp³-hybridized carbons (Fsp3) is 0.273. The zero-order chi connectivity index (χ0) is 13.7. The highest BCUT2D eigenvalue weighted by molar-refractivity contribution is 6.00. The number of amides is 1. The number of anilines is 2. The Bertz CT molecular complexity index is 477. The number of nitrogens with one attached hydrogen (secondary N) is 2. The van der Waals surface area contributed by atoms with Crippen molar-refractivity contribution in [3.8, 4) is 0 Å². The normalized spacial score (nSPS) is 9.89. The van der Waals surface area contributed by atoms with Crippen LogP contribution in [0.4, 0.5) is 15.8 Å². The lowest BCUT2D eigenvalue weighted by atomic mass is 10.1. The Morgan fingerprint density at radius 1 is 1.44 bits per heavy atom. The van der Waals surface area contributed by atoms with E-state index in [1.165, 1.54) is 13.1 Å². The van der Waals surface area contributed by atoms with Crippen molar-refractivity contribution in [2.24, 2.45) is 0 Å². The molecular weight excluding hydrogens is 241 g/mol. The summed E-state index contributed by atoms with van der Waals surface area (Å²) in [5.74, 6) is -2.30. The third-order valence-corrected chi connectivity index (χ3v) is 2.35. The molecule has 5 N–H and O–H groups in total. The number of hydrogen-bond donors (Lipinski definition) is 4. The molecule has 1 aromatic carbocycles. The quantitative estimate of drug-likeness (QED) is 0.578. The molecule has 1 rings (SSSR count). The Morgan fingerprint density at radius 2 is 2.11 bits per heavy atom. The molecule has 0 aliphatic rings. The Kier molecular flexibility index (Phi) is 4.47. The first-order valence-electron chi connectivity index (χ1n) is 5.23. The molecule has 0 aliphatic heterocycles. The van der Waals surface area contributed by atoms with Crippen molar-refractivity contribution < 1.29 is 19.1 Å². The molecule has 0 saturated heterocycles. The molecule has 0 heterocycles. The topological polar surface area (TPSA) is 104 Å². The van der Waals surface area contributed by atoms with E-state index in [2.05, 4.69) is 10.6 Å². The monoisotopic (exact) mass is 255 g/mol. The van der Waals surface area contributed by atoms with Gasteiger partial charge in [-0.25, -0.2) is 9.18 Å². The van der Waals surface area contributed by atoms with E-state index >= 15 is 0 Å². The first-order chi connectivity index (χ1) is 8.47. The average molecular weight is 255 g/mol. The molecule has 1 aromatic rings. The van der Waals surface area contributed by atoms with Crippen molar-refractivity contribution in [3.05, 3.63) is 23.5 Å². The minimum Gasteiger partial charge on any atom is -0.478 e. The summed E-state index contributed by atoms with van der Waals surface area (Å²) in [5.41, 5.74) is 4.80. The van der Waals surface area contributed by atoms with Crippen LogP contribution in [0.2, 0.25) is 0 Å². The summed E-state index contributed by atoms with van der Waals surface area (Å²) >= 11 is 0. The van der Waals surface area contributed by atoms with Crippen LogP contribution in [0.5, 0.6) is 0 Å². The first kappa shape index (κ1) is 13.8. The van der Waals surface area contributed by atoms with Crippen LogP contribution in [0, 0.1) is 5.82 Å². The van der Waals surface area contributed by atoms with Gasteiger partial charge < -0.3 is 21.5 Å². The minimum absolute atomic E-state index is 0.173. The maximum absolute atomic E-state index is 13.1. The van der Waals surface area contributed by atoms with Crippen LogP contribution in [0.25, 0.3) is 0 Å². The van der Waals surface area contributed by atoms with E-state index < -0.39 is 17.5 Å². The van der Waals surface area contributed by atoms with Crippen molar-refractivity contribution in [2.45, 2.75) is 6.42 Å². The standard InChI is InChI=1S/C11H14FN3O3/c1-14-8(16)4-5-15-7-3-2-6(12)10(13)9(7)11(17)18/h2-3,15H,4-5,13H2,1H3,(H,14,16)(H,17,18). The highest BCUT2D eigenvalue weighted by Crippen LogP contribution is 2.25. The van der Waals surface area contributed by atoms with E-state index in [9.17, 15) is 14.0 Å². The van der Waals surface area contributed by atoms with Gasteiger partial charge in [0.1, 0.15) is 11.4 Å². The van der Waals surface area contributed by atoms with Gasteiger partial charge in [0.2, 0.25) is 5.91 Å². The number of carboxylic acids is 1. The lowest BCUT2D eigenvalue weighted by molar-refractivity contribution is -0.120. The number of carbonyl (C=O) groups excluding carboxylic acids is 1. The SMILES string of the molecule is CNC(=O)CCNc1ccc(F)c(N)c1C(=O)O. The van der Waals surface area contributed by atoms with Crippen molar-refractivity contribution in [3.63, 3.8) is 0 Å². The van der Waals surface area contributed by atoms with Crippen molar-refractivity contribution in [1.82, 2.24) is 5.32 Å². The Hall–Kier alpha value is -2.31. The van der Waals surface area contributed by atoms with E-state index in [0.29, 0.717) is 0 Å². The number of benzene rings is 1. The van der Waals surface area contributed by atoms with Gasteiger partial charge in [-0.2, -0.15) is 0 Å². The molecule has 6 nitrogen and oxygen atoms in total. The van der Waals surface area contributed by atoms with E-state index in [1.807, 2.05) is 0 Å². The predicted molar refractivity (Wildman–Crippen MR) is 64.9 cm³/mol. The molecule has 18 heavy (non-hydrogen) atoms. The van der Waals surface area contributed by atoms with Gasteiger partial charge in [-0.15, -0.1) is 0 Å². The van der Waals surface area contributed by atoms with Crippen LogP contribution in [-0.2, 0) is 4.79 Å². The Morgan fingerprint density at radius 3 is 2.67 bits per heavy atom. The van der Waals surface area contributed by atoms with Crippen molar-refractivity contribution in [1.29, 1.82) is 0 Å². The molecular formula is C11H14FN3O3. The van der Waals surface area contributed by atoms with Gasteiger partial charge >= 0.3 is 5.97 Å². The van der Waals surface area contributed by atoms with Crippen molar-refractivity contribution in [2.75, 3.05) is 24.6 Å². The second kappa shape index (κ2) is 5.85. The zero-order valence-corrected chi connectivity index (χ0v) is 9.79. The van der Waals surface area contributed by atoms with Gasteiger partial charge in [0.15, 0.2) is 0 Å². The van der Waals surface area contributed by atoms with Crippen LogP contribution in [0.3, 0.4) is 0 Å². The number of aromatic carboxylic acids is 1. The summed E-state index contributed by atoms with van der Waals surface area (Å²) < 4.78 is 13.1. The third-order valence-electron chi connectivity index (χ3n) is 2.35. The fourth-order valence-corrected chi connectivity index (χ4v) is 1.41. The molecule has 1 amide bonds. The lowest BCUT2D eigenvalue weighted by Gasteiger charge is -2.11. The summed E-state index contributed by atoms with van der Waals surface area (Å²) in [5, 5.41) is 14.1. The van der Waals surface area contributed by atoms with E-state index in [-0.39, 0.29) is 30.1 Å². The molecule has 0 aliphatic carbocycles. The van der Waals surface area contributed by atoms with E-state index in [0.717, 1.165) is 6.07 Å². The highest BCUT2D eigenvalue weighted by Gasteiger charge is 2.17. The molecule has 0 aromatic heterocycles. The van der Waals surface area contributed by atoms with Crippen LogP contribution in [-0.4, -0.2) is 30.6 Å². The van der Waals surface area contributed by atoms with Crippen LogP contribution < -0.4 is 16.4 Å². The molecule has 0 spiro atoms. The second-order valence-electron chi connectivity index (χ2n) is 3.54. The Balaban J connectivity index is 2.86. The number of rotatable bonds is 5. The number of carbonyl (C=O) groups is 2. The fourth-order valence-electron chi connectivity index (χ4n) is 1.41. The number of nitrogen functional groups attached to an aromatic ring is 1. The van der Waals surface area contributed by atoms with E-state index in [1.54, 1.807) is 0 Å². The number of carboxylic acid groups (broad SMARTS) is 1. The molecule has 0 radical (unpaired) electrons. The van der Waals surface area contributed by atoms with Gasteiger partial charge in [-0.3, -0.25) is 4.79 Å². The lowest BCUT2D eigenvalue weighted by Crippen LogP contribution is -2.21. The maximum Gasteiger partial charge on any atom is 0.340 e. The minimum atomic E-state index is -1.32. The molecule has 98 valence electrons. The summed E-state index contributed by atoms with van der Waals surface area (Å²) in [6.45, 7) is 0.227. The second-order valence-corrected chi connectivity index (χ2v) is 3.54. The number of nitrogens with two attached hydrogens (primary N) is 1. The smallest absolute Gasteiger partial charge is 0.340 e. The molecule has 0 fully saturated rings. The average Bonchev–Trinajstić information content (AvgIpc) is 2.33. The summed E-state index contributed by atoms with van der Waals surface area (Å²) in [6, 6.07) is 2.35. The van der Waals surface area contributed by atoms with Crippen LogP contribution >= 0.6 is 0 Å². The van der Waals surface area contributed by atoms with Crippen molar-refractivity contribution >= 4 is 23.3 Å². The van der Waals surface area contributed by atoms with E-state index in [4.69, 9.17) is 10.8 Å². The number of halogens is 1. The molecule has 0 bridgehead atoms. The maximum atomic E-state index is 13.1. The largest absolute Gasteiger partial charge is 0.478 e. The zero-order valence-electron chi connectivity index (χ0n) is 9.79. The molecule has 0 unspecified atom stereocenters. The first-order valence-corrected chi connectivity index (χ1v) is 5.23. The molecule has 7 heteroatoms. The molecule has 0 atom stereocenters. The van der Waals surface area contributed by atoms with Gasteiger partial charge in [0, 0.05) is 20.0 Å². The highest BCUT2D eigenvalue weighted by atomic mass is 19.1. The third kappa shape index (κ3) is 3.09. The summed E-state index contributed by atoms with van der Waals surface area (Å²) in [7, 11) is 1.50. The van der Waals surface area contributed by atoms with Gasteiger partial charge in [-0.1, -0.05) is 0 Å². The predicted octanol–water partition coefficient (Wildman–Crippen LogP) is 0.654. The van der Waals surface area contributed by atoms with Crippen LogP contribution in [0.15, 0.2) is 12.1 Å². The van der Waals surface area contributed by atoms with Gasteiger partial charge in [-0.05, 0) is 12.1 Å². The molecule has 0 saturated carbocycles. The summed E-state index contributed by atoms with van der Waals surface area (Å²) in [4.78, 5) is 22.0. The van der Waals surface area contributed by atoms with Crippen LogP contribution in [0.1, 0.15) is 16.8 Å².